The molecule has 1 amide bonds. The molecule has 1 N–H and O–H groups in total. The quantitative estimate of drug-likeness (QED) is 0.745. The zero-order valence-corrected chi connectivity index (χ0v) is 10.0. The average Bonchev–Trinajstić information content (AvgIpc) is 2.84. The van der Waals surface area contributed by atoms with E-state index >= 15 is 0 Å². The van der Waals surface area contributed by atoms with Crippen molar-refractivity contribution >= 4 is 23.5 Å². The first kappa shape index (κ1) is 13.5. The Morgan fingerprint density at radius 3 is 2.06 bits per heavy atom. The Morgan fingerprint density at radius 2 is 1.72 bits per heavy atom. The van der Waals surface area contributed by atoms with E-state index in [4.69, 9.17) is 16.7 Å². The number of carbonyl (C=O) groups excluding carboxylic acids is 1. The zero-order valence-electron chi connectivity index (χ0n) is 9.26. The molecule has 1 aliphatic heterocycles. The molecule has 0 aromatic rings. The molecule has 1 spiro atoms. The molecule has 2 fully saturated rings. The molecule has 2 aliphatic rings. The van der Waals surface area contributed by atoms with Crippen LogP contribution in [0.25, 0.3) is 0 Å². The smallest absolute Gasteiger partial charge is 0.471 e. The van der Waals surface area contributed by atoms with Crippen LogP contribution >= 0.6 is 11.6 Å². The number of alkyl halides is 4. The van der Waals surface area contributed by atoms with E-state index in [2.05, 4.69) is 0 Å². The highest BCUT2D eigenvalue weighted by molar-refractivity contribution is 6.37. The van der Waals surface area contributed by atoms with E-state index in [9.17, 15) is 22.8 Å². The lowest BCUT2D eigenvalue weighted by Crippen LogP contribution is -2.47. The van der Waals surface area contributed by atoms with Gasteiger partial charge in [0.25, 0.3) is 0 Å². The van der Waals surface area contributed by atoms with Crippen LogP contribution < -0.4 is 0 Å². The van der Waals surface area contributed by atoms with Crippen LogP contribution in [0.2, 0.25) is 0 Å². The minimum absolute atomic E-state index is 0.0971. The Kier molecular flexibility index (Phi) is 2.81. The predicted octanol–water partition coefficient (Wildman–Crippen LogP) is 1.62. The highest BCUT2D eigenvalue weighted by Crippen LogP contribution is 2.66. The summed E-state index contributed by atoms with van der Waals surface area (Å²) in [7, 11) is 0. The van der Waals surface area contributed by atoms with Gasteiger partial charge in [0.15, 0.2) is 0 Å². The molecule has 4 nitrogen and oxygen atoms in total. The second-order valence-corrected chi connectivity index (χ2v) is 5.50. The summed E-state index contributed by atoms with van der Waals surface area (Å²) in [5.41, 5.74) is -0.650. The van der Waals surface area contributed by atoms with E-state index in [-0.39, 0.29) is 32.4 Å². The number of piperidine rings is 1. The Bertz CT molecular complexity index is 404. The average molecular weight is 286 g/mol. The third kappa shape index (κ3) is 1.84. The van der Waals surface area contributed by atoms with Crippen LogP contribution in [-0.2, 0) is 9.59 Å². The molecule has 102 valence electrons. The summed E-state index contributed by atoms with van der Waals surface area (Å²) in [6.07, 6.45) is -4.22. The number of halogens is 4. The summed E-state index contributed by atoms with van der Waals surface area (Å²) in [5, 5.41) is 8.94. The lowest BCUT2D eigenvalue weighted by atomic mass is 9.90. The first-order valence-electron chi connectivity index (χ1n) is 5.41. The van der Waals surface area contributed by atoms with Gasteiger partial charge in [-0.15, -0.1) is 11.6 Å². The first-order chi connectivity index (χ1) is 8.12. The van der Waals surface area contributed by atoms with Crippen molar-refractivity contribution in [2.24, 2.45) is 5.41 Å². The summed E-state index contributed by atoms with van der Waals surface area (Å²) in [4.78, 5) is 21.3. The molecule has 0 aromatic heterocycles. The third-order valence-corrected chi connectivity index (χ3v) is 4.58. The van der Waals surface area contributed by atoms with E-state index in [1.807, 2.05) is 0 Å². The van der Waals surface area contributed by atoms with Crippen molar-refractivity contribution < 1.29 is 27.9 Å². The van der Waals surface area contributed by atoms with Crippen molar-refractivity contribution in [1.29, 1.82) is 0 Å². The fourth-order valence-electron chi connectivity index (χ4n) is 2.61. The minimum Gasteiger partial charge on any atom is -0.480 e. The van der Waals surface area contributed by atoms with Gasteiger partial charge in [-0.2, -0.15) is 13.2 Å². The van der Waals surface area contributed by atoms with E-state index < -0.39 is 28.3 Å². The monoisotopic (exact) mass is 285 g/mol. The maximum absolute atomic E-state index is 12.2. The molecule has 0 aromatic carbocycles. The van der Waals surface area contributed by atoms with Crippen LogP contribution in [-0.4, -0.2) is 46.0 Å². The maximum Gasteiger partial charge on any atom is 0.471 e. The Balaban J connectivity index is 1.99. The summed E-state index contributed by atoms with van der Waals surface area (Å²) in [6, 6.07) is 0. The van der Waals surface area contributed by atoms with Crippen molar-refractivity contribution in [3.8, 4) is 0 Å². The number of carbonyl (C=O) groups is 2. The molecule has 2 rings (SSSR count). The lowest BCUT2D eigenvalue weighted by Gasteiger charge is -2.33. The van der Waals surface area contributed by atoms with E-state index in [1.54, 1.807) is 0 Å². The topological polar surface area (TPSA) is 57.6 Å². The van der Waals surface area contributed by atoms with Crippen molar-refractivity contribution in [3.05, 3.63) is 0 Å². The van der Waals surface area contributed by atoms with E-state index in [0.717, 1.165) is 0 Å². The molecular formula is C10H11ClF3NO3. The minimum atomic E-state index is -4.88. The highest BCUT2D eigenvalue weighted by atomic mass is 35.5. The van der Waals surface area contributed by atoms with Crippen LogP contribution in [0.5, 0.6) is 0 Å². The number of aliphatic carboxylic acids is 1. The molecule has 1 heterocycles. The van der Waals surface area contributed by atoms with Gasteiger partial charge in [-0.05, 0) is 19.3 Å². The summed E-state index contributed by atoms with van der Waals surface area (Å²) in [5.74, 6) is -3.01. The Hall–Kier alpha value is -0.980. The van der Waals surface area contributed by atoms with Gasteiger partial charge in [0.1, 0.15) is 4.87 Å². The molecule has 1 saturated heterocycles. The zero-order chi connectivity index (χ0) is 13.8. The largest absolute Gasteiger partial charge is 0.480 e. The van der Waals surface area contributed by atoms with Gasteiger partial charge in [-0.3, -0.25) is 9.59 Å². The second kappa shape index (κ2) is 3.76. The molecule has 1 aliphatic carbocycles. The number of hydrogen-bond acceptors (Lipinski definition) is 2. The van der Waals surface area contributed by atoms with Gasteiger partial charge in [0.05, 0.1) is 0 Å². The van der Waals surface area contributed by atoms with Crippen molar-refractivity contribution in [2.45, 2.75) is 30.3 Å². The van der Waals surface area contributed by atoms with Crippen molar-refractivity contribution in [2.75, 3.05) is 13.1 Å². The number of carboxylic acids is 1. The second-order valence-electron chi connectivity index (χ2n) is 4.85. The van der Waals surface area contributed by atoms with E-state index in [0.29, 0.717) is 4.90 Å². The third-order valence-electron chi connectivity index (χ3n) is 3.89. The van der Waals surface area contributed by atoms with Gasteiger partial charge < -0.3 is 10.0 Å². The number of carboxylic acid groups (broad SMARTS) is 1. The van der Waals surface area contributed by atoms with Gasteiger partial charge in [-0.1, -0.05) is 0 Å². The van der Waals surface area contributed by atoms with Crippen LogP contribution in [0.1, 0.15) is 19.3 Å². The molecule has 0 bridgehead atoms. The van der Waals surface area contributed by atoms with Gasteiger partial charge >= 0.3 is 18.1 Å². The van der Waals surface area contributed by atoms with Crippen LogP contribution in [0.3, 0.4) is 0 Å². The van der Waals surface area contributed by atoms with Crippen molar-refractivity contribution in [3.63, 3.8) is 0 Å². The Labute approximate surface area is 106 Å². The normalized spacial score (nSPS) is 30.3. The SMILES string of the molecule is O=C(N1CCC2(CC1)CC2(Cl)C(=O)O)C(F)(F)F. The number of nitrogens with zero attached hydrogens (tertiary/aromatic N) is 1. The van der Waals surface area contributed by atoms with Crippen LogP contribution in [0.4, 0.5) is 13.2 Å². The summed E-state index contributed by atoms with van der Waals surface area (Å²) < 4.78 is 36.6. The molecule has 1 saturated carbocycles. The van der Waals surface area contributed by atoms with Crippen LogP contribution in [0.15, 0.2) is 0 Å². The first-order valence-corrected chi connectivity index (χ1v) is 5.79. The maximum atomic E-state index is 12.2. The molecular weight excluding hydrogens is 275 g/mol. The molecule has 18 heavy (non-hydrogen) atoms. The molecule has 0 radical (unpaired) electrons. The summed E-state index contributed by atoms with van der Waals surface area (Å²) >= 11 is 5.91. The van der Waals surface area contributed by atoms with Gasteiger partial charge in [0.2, 0.25) is 0 Å². The fraction of sp³-hybridized carbons (Fsp3) is 0.800. The van der Waals surface area contributed by atoms with E-state index in [1.165, 1.54) is 0 Å². The van der Waals surface area contributed by atoms with Crippen molar-refractivity contribution in [1.82, 2.24) is 4.90 Å². The highest BCUT2D eigenvalue weighted by Gasteiger charge is 2.72. The number of rotatable bonds is 1. The summed E-state index contributed by atoms with van der Waals surface area (Å²) in [6.45, 7) is -0.194. The number of likely N-dealkylation sites (tertiary alicyclic amines) is 1. The fourth-order valence-corrected chi connectivity index (χ4v) is 3.06. The van der Waals surface area contributed by atoms with Gasteiger partial charge in [0, 0.05) is 18.5 Å². The number of amides is 1. The van der Waals surface area contributed by atoms with Crippen LogP contribution in [0, 0.1) is 5.41 Å². The standard InChI is InChI=1S/C10H11ClF3NO3/c11-9(7(17)18)5-8(9)1-3-15(4-2-8)6(16)10(12,13)14/h1-5H2,(H,17,18). The number of hydrogen-bond donors (Lipinski definition) is 1. The molecule has 1 unspecified atom stereocenters. The molecule has 8 heteroatoms. The Morgan fingerprint density at radius 1 is 1.22 bits per heavy atom. The molecule has 1 atom stereocenters. The van der Waals surface area contributed by atoms with Gasteiger partial charge in [-0.25, -0.2) is 0 Å². The predicted molar refractivity (Wildman–Crippen MR) is 55.1 cm³/mol. The lowest BCUT2D eigenvalue weighted by molar-refractivity contribution is -0.187.